The number of nitrogen functional groups attached to an aromatic ring is 1. The Morgan fingerprint density at radius 2 is 1.81 bits per heavy atom. The molecule has 2 N–H and O–H groups in total. The zero-order valence-electron chi connectivity index (χ0n) is 11.2. The van der Waals surface area contributed by atoms with Gasteiger partial charge in [0.1, 0.15) is 28.0 Å². The molecule has 2 rings (SSSR count). The molecule has 0 radical (unpaired) electrons. The van der Waals surface area contributed by atoms with Crippen LogP contribution in [0.15, 0.2) is 36.4 Å². The van der Waals surface area contributed by atoms with Crippen molar-refractivity contribution in [1.29, 1.82) is 0 Å². The SMILES string of the molecule is CCOc1ccc(Oc2ccc([N+](=O)[O-])c(N)c2Cl)cc1. The Morgan fingerprint density at radius 1 is 1.19 bits per heavy atom. The maximum atomic E-state index is 10.8. The molecule has 0 aromatic heterocycles. The van der Waals surface area contributed by atoms with Crippen molar-refractivity contribution in [2.24, 2.45) is 0 Å². The third kappa shape index (κ3) is 3.35. The van der Waals surface area contributed by atoms with E-state index in [1.807, 2.05) is 6.92 Å². The summed E-state index contributed by atoms with van der Waals surface area (Å²) in [4.78, 5) is 10.2. The molecule has 2 aromatic carbocycles. The van der Waals surface area contributed by atoms with E-state index in [-0.39, 0.29) is 22.1 Å². The summed E-state index contributed by atoms with van der Waals surface area (Å²) in [5, 5.41) is 10.8. The largest absolute Gasteiger partial charge is 0.494 e. The Morgan fingerprint density at radius 3 is 2.38 bits per heavy atom. The van der Waals surface area contributed by atoms with Gasteiger partial charge in [0.05, 0.1) is 11.5 Å². The normalized spacial score (nSPS) is 10.2. The van der Waals surface area contributed by atoms with Gasteiger partial charge in [-0.3, -0.25) is 10.1 Å². The van der Waals surface area contributed by atoms with Crippen molar-refractivity contribution in [3.63, 3.8) is 0 Å². The van der Waals surface area contributed by atoms with Crippen molar-refractivity contribution in [1.82, 2.24) is 0 Å². The number of hydrogen-bond donors (Lipinski definition) is 1. The van der Waals surface area contributed by atoms with Crippen LogP contribution in [0, 0.1) is 10.1 Å². The highest BCUT2D eigenvalue weighted by molar-refractivity contribution is 6.35. The molecular formula is C14H13ClN2O4. The van der Waals surface area contributed by atoms with Crippen LogP contribution in [-0.2, 0) is 0 Å². The van der Waals surface area contributed by atoms with Crippen molar-refractivity contribution >= 4 is 23.0 Å². The molecule has 2 aromatic rings. The topological polar surface area (TPSA) is 87.6 Å². The fourth-order valence-corrected chi connectivity index (χ4v) is 1.90. The molecular weight excluding hydrogens is 296 g/mol. The minimum absolute atomic E-state index is 0.0121. The Bertz CT molecular complexity index is 659. The second-order valence-corrected chi connectivity index (χ2v) is 4.45. The van der Waals surface area contributed by atoms with E-state index in [1.165, 1.54) is 12.1 Å². The zero-order chi connectivity index (χ0) is 15.4. The second kappa shape index (κ2) is 6.32. The summed E-state index contributed by atoms with van der Waals surface area (Å²) in [7, 11) is 0. The van der Waals surface area contributed by atoms with Crippen LogP contribution in [0.4, 0.5) is 11.4 Å². The number of benzene rings is 2. The van der Waals surface area contributed by atoms with Gasteiger partial charge in [-0.15, -0.1) is 0 Å². The predicted molar refractivity (Wildman–Crippen MR) is 80.2 cm³/mol. The molecule has 0 saturated heterocycles. The van der Waals surface area contributed by atoms with Crippen molar-refractivity contribution in [2.75, 3.05) is 12.3 Å². The quantitative estimate of drug-likeness (QED) is 0.512. The van der Waals surface area contributed by atoms with Gasteiger partial charge in [-0.1, -0.05) is 11.6 Å². The van der Waals surface area contributed by atoms with Crippen molar-refractivity contribution < 1.29 is 14.4 Å². The van der Waals surface area contributed by atoms with Gasteiger partial charge in [-0.05, 0) is 37.3 Å². The number of anilines is 1. The Labute approximate surface area is 126 Å². The van der Waals surface area contributed by atoms with Gasteiger partial charge in [0.25, 0.3) is 5.69 Å². The van der Waals surface area contributed by atoms with E-state index in [2.05, 4.69) is 0 Å². The summed E-state index contributed by atoms with van der Waals surface area (Å²) < 4.78 is 10.9. The third-order valence-electron chi connectivity index (χ3n) is 2.68. The number of nitro groups is 1. The lowest BCUT2D eigenvalue weighted by molar-refractivity contribution is -0.383. The molecule has 0 aliphatic heterocycles. The Hall–Kier alpha value is -2.47. The number of halogens is 1. The van der Waals surface area contributed by atoms with E-state index in [9.17, 15) is 10.1 Å². The number of ether oxygens (including phenoxy) is 2. The summed E-state index contributed by atoms with van der Waals surface area (Å²) in [6.07, 6.45) is 0. The van der Waals surface area contributed by atoms with Crippen molar-refractivity contribution in [3.05, 3.63) is 51.5 Å². The molecule has 0 fully saturated rings. The predicted octanol–water partition coefficient (Wildman–Crippen LogP) is 4.02. The number of rotatable bonds is 5. The van der Waals surface area contributed by atoms with E-state index in [0.717, 1.165) is 5.75 Å². The Kier molecular flexibility index (Phi) is 4.49. The second-order valence-electron chi connectivity index (χ2n) is 4.07. The molecule has 0 aliphatic rings. The lowest BCUT2D eigenvalue weighted by Crippen LogP contribution is -1.98. The highest BCUT2D eigenvalue weighted by atomic mass is 35.5. The van der Waals surface area contributed by atoms with Crippen molar-refractivity contribution in [3.8, 4) is 17.2 Å². The monoisotopic (exact) mass is 308 g/mol. The van der Waals surface area contributed by atoms with Gasteiger partial charge in [0, 0.05) is 6.07 Å². The summed E-state index contributed by atoms with van der Waals surface area (Å²) in [5.41, 5.74) is 5.26. The molecule has 0 unspecified atom stereocenters. The van der Waals surface area contributed by atoms with Crippen molar-refractivity contribution in [2.45, 2.75) is 6.92 Å². The molecule has 0 heterocycles. The Balaban J connectivity index is 2.23. The van der Waals surface area contributed by atoms with Gasteiger partial charge in [-0.2, -0.15) is 0 Å². The number of nitrogens with two attached hydrogens (primary N) is 1. The fourth-order valence-electron chi connectivity index (χ4n) is 1.70. The van der Waals surface area contributed by atoms with Crippen LogP contribution in [-0.4, -0.2) is 11.5 Å². The van der Waals surface area contributed by atoms with Gasteiger partial charge in [0.2, 0.25) is 0 Å². The minimum atomic E-state index is -0.595. The highest BCUT2D eigenvalue weighted by Gasteiger charge is 2.18. The average Bonchev–Trinajstić information content (AvgIpc) is 2.46. The first-order chi connectivity index (χ1) is 10.0. The van der Waals surface area contributed by atoms with Gasteiger partial charge in [-0.25, -0.2) is 0 Å². The minimum Gasteiger partial charge on any atom is -0.494 e. The maximum Gasteiger partial charge on any atom is 0.293 e. The third-order valence-corrected chi connectivity index (χ3v) is 3.07. The molecule has 6 nitrogen and oxygen atoms in total. The average molecular weight is 309 g/mol. The number of nitrogens with zero attached hydrogens (tertiary/aromatic N) is 1. The number of hydrogen-bond acceptors (Lipinski definition) is 5. The first-order valence-corrected chi connectivity index (χ1v) is 6.53. The van der Waals surface area contributed by atoms with E-state index < -0.39 is 4.92 Å². The first-order valence-electron chi connectivity index (χ1n) is 6.16. The van der Waals surface area contributed by atoms with Gasteiger partial charge in [0.15, 0.2) is 0 Å². The van der Waals surface area contributed by atoms with Crippen LogP contribution in [0.2, 0.25) is 5.02 Å². The molecule has 110 valence electrons. The summed E-state index contributed by atoms with van der Waals surface area (Å²) in [5.74, 6) is 1.50. The van der Waals surface area contributed by atoms with E-state index in [0.29, 0.717) is 12.4 Å². The van der Waals surface area contributed by atoms with Crippen LogP contribution in [0.3, 0.4) is 0 Å². The summed E-state index contributed by atoms with van der Waals surface area (Å²) in [6.45, 7) is 2.47. The lowest BCUT2D eigenvalue weighted by atomic mass is 10.2. The van der Waals surface area contributed by atoms with Crippen LogP contribution in [0.25, 0.3) is 0 Å². The molecule has 0 aliphatic carbocycles. The fraction of sp³-hybridized carbons (Fsp3) is 0.143. The smallest absolute Gasteiger partial charge is 0.293 e. The molecule has 0 atom stereocenters. The molecule has 0 amide bonds. The van der Waals surface area contributed by atoms with Crippen LogP contribution in [0.5, 0.6) is 17.2 Å². The lowest BCUT2D eigenvalue weighted by Gasteiger charge is -2.10. The van der Waals surface area contributed by atoms with E-state index >= 15 is 0 Å². The summed E-state index contributed by atoms with van der Waals surface area (Å²) in [6, 6.07) is 9.58. The van der Waals surface area contributed by atoms with E-state index in [4.69, 9.17) is 26.8 Å². The highest BCUT2D eigenvalue weighted by Crippen LogP contribution is 2.39. The molecule has 7 heteroatoms. The zero-order valence-corrected chi connectivity index (χ0v) is 12.0. The standard InChI is InChI=1S/C14H13ClN2O4/c1-2-20-9-3-5-10(6-4-9)21-12-8-7-11(17(18)19)14(16)13(12)15/h3-8H,2,16H2,1H3. The van der Waals surface area contributed by atoms with Crippen LogP contribution >= 0.6 is 11.6 Å². The molecule has 0 bridgehead atoms. The van der Waals surface area contributed by atoms with Gasteiger partial charge >= 0.3 is 0 Å². The molecule has 0 spiro atoms. The first kappa shape index (κ1) is 14.9. The summed E-state index contributed by atoms with van der Waals surface area (Å²) >= 11 is 5.99. The number of nitro benzene ring substituents is 1. The maximum absolute atomic E-state index is 10.8. The van der Waals surface area contributed by atoms with Crippen LogP contribution in [0.1, 0.15) is 6.92 Å². The molecule has 21 heavy (non-hydrogen) atoms. The van der Waals surface area contributed by atoms with E-state index in [1.54, 1.807) is 24.3 Å². The van der Waals surface area contributed by atoms with Gasteiger partial charge < -0.3 is 15.2 Å². The molecule has 0 saturated carbocycles. The van der Waals surface area contributed by atoms with Crippen LogP contribution < -0.4 is 15.2 Å².